The van der Waals surface area contributed by atoms with Crippen molar-refractivity contribution < 1.29 is 9.32 Å². The maximum absolute atomic E-state index is 12.7. The first-order chi connectivity index (χ1) is 11.3. The van der Waals surface area contributed by atoms with Crippen molar-refractivity contribution in [2.24, 2.45) is 0 Å². The van der Waals surface area contributed by atoms with Crippen LogP contribution < -0.4 is 4.90 Å². The van der Waals surface area contributed by atoms with Crippen LogP contribution in [0.1, 0.15) is 45.1 Å². The van der Waals surface area contributed by atoms with Gasteiger partial charge in [-0.15, -0.1) is 0 Å². The Morgan fingerprint density at radius 3 is 2.83 bits per heavy atom. The molecule has 0 bridgehead atoms. The van der Waals surface area contributed by atoms with Crippen LogP contribution in [-0.4, -0.2) is 28.5 Å². The number of ketones is 1. The van der Waals surface area contributed by atoms with E-state index in [1.807, 2.05) is 12.1 Å². The molecular weight excluding hydrogens is 326 g/mol. The first-order valence-electron chi connectivity index (χ1n) is 8.21. The lowest BCUT2D eigenvalue weighted by Crippen LogP contribution is -2.37. The Hall–Kier alpha value is -1.88. The summed E-state index contributed by atoms with van der Waals surface area (Å²) in [5, 5.41) is 4.65. The summed E-state index contributed by atoms with van der Waals surface area (Å²) < 4.78 is 5.37. The number of hydrogen-bond acceptors (Lipinski definition) is 5. The van der Waals surface area contributed by atoms with Crippen LogP contribution in [0.25, 0.3) is 0 Å². The van der Waals surface area contributed by atoms with E-state index in [1.165, 1.54) is 0 Å². The lowest BCUT2D eigenvalue weighted by molar-refractivity contribution is -0.119. The van der Waals surface area contributed by atoms with Gasteiger partial charge in [-0.3, -0.25) is 4.79 Å². The fraction of sp³-hybridized carbons (Fsp3) is 0.500. The van der Waals surface area contributed by atoms with Gasteiger partial charge in [0.1, 0.15) is 11.6 Å². The highest BCUT2D eigenvalue weighted by Gasteiger charge is 2.32. The van der Waals surface area contributed by atoms with Crippen LogP contribution in [0.3, 0.4) is 0 Å². The number of pyridine rings is 1. The molecule has 3 rings (SSSR count). The van der Waals surface area contributed by atoms with Crippen molar-refractivity contribution in [3.8, 4) is 0 Å². The van der Waals surface area contributed by atoms with E-state index in [-0.39, 0.29) is 23.7 Å². The number of nitrogens with zero attached hydrogens (tertiary/aromatic N) is 3. The molecule has 1 aliphatic heterocycles. The SMILES string of the molecule is CC(C)(C)c1cc(CC(=O)C2CCCN2c2ccc(Cl)cn2)no1. The van der Waals surface area contributed by atoms with E-state index < -0.39 is 0 Å². The van der Waals surface area contributed by atoms with E-state index >= 15 is 0 Å². The Morgan fingerprint density at radius 2 is 2.21 bits per heavy atom. The first-order valence-corrected chi connectivity index (χ1v) is 8.59. The molecular formula is C18H22ClN3O2. The molecule has 1 fully saturated rings. The Bertz CT molecular complexity index is 719. The number of carbonyl (C=O) groups is 1. The number of anilines is 1. The number of halogens is 1. The minimum absolute atomic E-state index is 0.110. The molecule has 2 aromatic heterocycles. The van der Waals surface area contributed by atoms with Crippen molar-refractivity contribution >= 4 is 23.2 Å². The molecule has 24 heavy (non-hydrogen) atoms. The second-order valence-electron chi connectivity index (χ2n) is 7.26. The Labute approximate surface area is 147 Å². The van der Waals surface area contributed by atoms with Gasteiger partial charge in [0.15, 0.2) is 5.78 Å². The topological polar surface area (TPSA) is 59.2 Å². The van der Waals surface area contributed by atoms with Crippen LogP contribution in [-0.2, 0) is 16.6 Å². The summed E-state index contributed by atoms with van der Waals surface area (Å²) >= 11 is 5.90. The zero-order valence-corrected chi connectivity index (χ0v) is 15.0. The van der Waals surface area contributed by atoms with Gasteiger partial charge >= 0.3 is 0 Å². The van der Waals surface area contributed by atoms with Crippen molar-refractivity contribution in [3.63, 3.8) is 0 Å². The van der Waals surface area contributed by atoms with Gasteiger partial charge in [-0.2, -0.15) is 0 Å². The number of Topliss-reactive ketones (excluding diaryl/α,β-unsaturated/α-hetero) is 1. The average Bonchev–Trinajstić information content (AvgIpc) is 3.16. The molecule has 0 saturated carbocycles. The molecule has 1 atom stereocenters. The molecule has 0 aromatic carbocycles. The van der Waals surface area contributed by atoms with E-state index in [1.54, 1.807) is 12.3 Å². The second-order valence-corrected chi connectivity index (χ2v) is 7.70. The Morgan fingerprint density at radius 1 is 1.42 bits per heavy atom. The Balaban J connectivity index is 1.72. The molecule has 0 N–H and O–H groups in total. The largest absolute Gasteiger partial charge is 0.361 e. The summed E-state index contributed by atoms with van der Waals surface area (Å²) in [6.45, 7) is 7.01. The van der Waals surface area contributed by atoms with Gasteiger partial charge in [-0.1, -0.05) is 37.5 Å². The van der Waals surface area contributed by atoms with E-state index in [0.717, 1.165) is 31.0 Å². The lowest BCUT2D eigenvalue weighted by Gasteiger charge is -2.24. The van der Waals surface area contributed by atoms with E-state index in [4.69, 9.17) is 16.1 Å². The molecule has 3 heterocycles. The van der Waals surface area contributed by atoms with Gasteiger partial charge in [-0.25, -0.2) is 4.98 Å². The van der Waals surface area contributed by atoms with Gasteiger partial charge in [0.25, 0.3) is 0 Å². The molecule has 0 amide bonds. The summed E-state index contributed by atoms with van der Waals surface area (Å²) in [5.41, 5.74) is 0.585. The molecule has 0 spiro atoms. The van der Waals surface area contributed by atoms with Gasteiger partial charge in [0.2, 0.25) is 0 Å². The predicted molar refractivity (Wildman–Crippen MR) is 93.5 cm³/mol. The molecule has 6 heteroatoms. The highest BCUT2D eigenvalue weighted by atomic mass is 35.5. The summed E-state index contributed by atoms with van der Waals surface area (Å²) in [4.78, 5) is 19.2. The minimum Gasteiger partial charge on any atom is -0.361 e. The van der Waals surface area contributed by atoms with Crippen LogP contribution in [0.5, 0.6) is 0 Å². The number of rotatable bonds is 4. The molecule has 5 nitrogen and oxygen atoms in total. The molecule has 1 unspecified atom stereocenters. The summed E-state index contributed by atoms with van der Waals surface area (Å²) in [6, 6.07) is 5.39. The van der Waals surface area contributed by atoms with Crippen LogP contribution in [0.15, 0.2) is 28.9 Å². The van der Waals surface area contributed by atoms with E-state index in [9.17, 15) is 4.79 Å². The van der Waals surface area contributed by atoms with Crippen molar-refractivity contribution in [1.29, 1.82) is 0 Å². The quantitative estimate of drug-likeness (QED) is 0.841. The van der Waals surface area contributed by atoms with Gasteiger partial charge in [0.05, 0.1) is 23.2 Å². The summed E-state index contributed by atoms with van der Waals surface area (Å²) in [6.07, 6.45) is 3.72. The zero-order chi connectivity index (χ0) is 17.3. The number of hydrogen-bond donors (Lipinski definition) is 0. The molecule has 0 aliphatic carbocycles. The average molecular weight is 348 g/mol. The summed E-state index contributed by atoms with van der Waals surface area (Å²) in [5.74, 6) is 1.75. The van der Waals surface area contributed by atoms with Crippen LogP contribution in [0.4, 0.5) is 5.82 Å². The standard InChI is InChI=1S/C18H22ClN3O2/c1-18(2,3)16-10-13(21-24-16)9-15(23)14-5-4-8-22(14)17-7-6-12(19)11-20-17/h6-7,10-11,14H,4-5,8-9H2,1-3H3. The number of carbonyl (C=O) groups excluding carboxylic acids is 1. The lowest BCUT2D eigenvalue weighted by atomic mass is 9.93. The fourth-order valence-electron chi connectivity index (χ4n) is 2.96. The third kappa shape index (κ3) is 3.61. The molecule has 1 saturated heterocycles. The van der Waals surface area contributed by atoms with E-state index in [0.29, 0.717) is 10.7 Å². The van der Waals surface area contributed by atoms with Gasteiger partial charge in [0, 0.05) is 24.2 Å². The smallest absolute Gasteiger partial charge is 0.161 e. The molecule has 2 aromatic rings. The minimum atomic E-state index is -0.159. The van der Waals surface area contributed by atoms with Crippen molar-refractivity contribution in [2.45, 2.75) is 51.5 Å². The maximum Gasteiger partial charge on any atom is 0.161 e. The Kier molecular flexibility index (Phi) is 4.63. The van der Waals surface area contributed by atoms with E-state index in [2.05, 4.69) is 35.8 Å². The third-order valence-corrected chi connectivity index (χ3v) is 4.51. The zero-order valence-electron chi connectivity index (χ0n) is 14.3. The van der Waals surface area contributed by atoms with Crippen molar-refractivity contribution in [2.75, 3.05) is 11.4 Å². The van der Waals surface area contributed by atoms with Crippen molar-refractivity contribution in [3.05, 3.63) is 40.9 Å². The number of aromatic nitrogens is 2. The highest BCUT2D eigenvalue weighted by Crippen LogP contribution is 2.27. The maximum atomic E-state index is 12.7. The molecule has 128 valence electrons. The monoisotopic (exact) mass is 347 g/mol. The highest BCUT2D eigenvalue weighted by molar-refractivity contribution is 6.30. The van der Waals surface area contributed by atoms with Crippen LogP contribution in [0.2, 0.25) is 5.02 Å². The van der Waals surface area contributed by atoms with Gasteiger partial charge < -0.3 is 9.42 Å². The van der Waals surface area contributed by atoms with Gasteiger partial charge in [-0.05, 0) is 25.0 Å². The van der Waals surface area contributed by atoms with Crippen LogP contribution in [0, 0.1) is 0 Å². The first kappa shape index (κ1) is 17.0. The molecule has 0 radical (unpaired) electrons. The summed E-state index contributed by atoms with van der Waals surface area (Å²) in [7, 11) is 0. The third-order valence-electron chi connectivity index (χ3n) is 4.28. The fourth-order valence-corrected chi connectivity index (χ4v) is 3.07. The van der Waals surface area contributed by atoms with Crippen molar-refractivity contribution in [1.82, 2.24) is 10.1 Å². The normalized spacial score (nSPS) is 18.2. The molecule has 1 aliphatic rings. The van der Waals surface area contributed by atoms with Crippen LogP contribution >= 0.6 is 11.6 Å². The second kappa shape index (κ2) is 6.55. The predicted octanol–water partition coefficient (Wildman–Crippen LogP) is 3.80.